The molecule has 0 spiro atoms. The van der Waals surface area contributed by atoms with Gasteiger partial charge in [-0.2, -0.15) is 0 Å². The molecular formula is C38H24Cl3CuN8O3+. The minimum Gasteiger partial charge on any atom is -0.489 e. The van der Waals surface area contributed by atoms with Crippen molar-refractivity contribution < 1.29 is 36.3 Å². The van der Waals surface area contributed by atoms with Gasteiger partial charge in [0.25, 0.3) is 0 Å². The van der Waals surface area contributed by atoms with E-state index < -0.39 is 11.4 Å². The minimum atomic E-state index is -1.26. The van der Waals surface area contributed by atoms with Crippen LogP contribution in [0.1, 0.15) is 13.8 Å². The summed E-state index contributed by atoms with van der Waals surface area (Å²) in [5, 5.41) is 12.1. The van der Waals surface area contributed by atoms with Crippen LogP contribution in [0.25, 0.3) is 89.7 Å². The van der Waals surface area contributed by atoms with E-state index in [4.69, 9.17) is 74.4 Å². The van der Waals surface area contributed by atoms with Crippen LogP contribution in [0.3, 0.4) is 0 Å². The molecule has 11 nitrogen and oxygen atoms in total. The molecule has 0 aliphatic carbocycles. The molecule has 2 aliphatic rings. The van der Waals surface area contributed by atoms with Gasteiger partial charge in [-0.05, 0) is 24.6 Å². The fourth-order valence-corrected chi connectivity index (χ4v) is 7.29. The molecule has 2 aliphatic heterocycles. The number of rotatable bonds is 4. The molecule has 4 aromatic carbocycles. The molecule has 7 aromatic rings. The Balaban J connectivity index is 0.00000400. The number of halogens is 3. The van der Waals surface area contributed by atoms with E-state index in [0.717, 1.165) is 33.0 Å². The van der Waals surface area contributed by atoms with Crippen molar-refractivity contribution in [2.24, 2.45) is 12.5 Å². The van der Waals surface area contributed by atoms with Crippen LogP contribution in [0.4, 0.5) is 0 Å². The first-order valence-corrected chi connectivity index (χ1v) is 17.2. The zero-order chi connectivity index (χ0) is 36.1. The SMILES string of the molecule is C[n+]1c2nc3[n-]c(nc4nc(nc5[n-]c(nc1-c1ccccc1-2)c1c(Cl)c(OCC(C)(C)C(=O)O)c(Cl)c(Cl)c51)-c1ccccc1-4)c1ccccc31.[Cu+2]. The van der Waals surface area contributed by atoms with E-state index in [1.807, 2.05) is 84.4 Å². The summed E-state index contributed by atoms with van der Waals surface area (Å²) in [5.41, 5.74) is 3.18. The largest absolute Gasteiger partial charge is 2.00 e. The Morgan fingerprint density at radius 2 is 1.13 bits per heavy atom. The van der Waals surface area contributed by atoms with Crippen molar-refractivity contribution in [1.29, 1.82) is 0 Å². The van der Waals surface area contributed by atoms with Gasteiger partial charge in [0.15, 0.2) is 5.75 Å². The molecule has 15 heteroatoms. The molecule has 0 saturated carbocycles. The maximum Gasteiger partial charge on any atom is 2.00 e. The molecule has 0 saturated heterocycles. The van der Waals surface area contributed by atoms with Crippen molar-refractivity contribution in [3.8, 4) is 51.3 Å². The van der Waals surface area contributed by atoms with E-state index in [2.05, 4.69) is 0 Å². The quantitative estimate of drug-likeness (QED) is 0.106. The number of aromatic nitrogens is 8. The number of hydrogen-bond acceptors (Lipinski definition) is 7. The van der Waals surface area contributed by atoms with Crippen LogP contribution in [0.15, 0.2) is 72.8 Å². The normalized spacial score (nSPS) is 12.0. The Labute approximate surface area is 326 Å². The third-order valence-electron chi connectivity index (χ3n) is 9.23. The van der Waals surface area contributed by atoms with Crippen LogP contribution >= 0.6 is 34.8 Å². The van der Waals surface area contributed by atoms with Gasteiger partial charge in [0.1, 0.15) is 23.3 Å². The maximum absolute atomic E-state index is 11.9. The number of ether oxygens (including phenoxy) is 1. The van der Waals surface area contributed by atoms with Crippen LogP contribution in [-0.4, -0.2) is 42.6 Å². The van der Waals surface area contributed by atoms with Crippen molar-refractivity contribution in [3.05, 3.63) is 87.9 Å². The van der Waals surface area contributed by atoms with Gasteiger partial charge < -0.3 is 39.7 Å². The van der Waals surface area contributed by atoms with Gasteiger partial charge in [-0.1, -0.05) is 108 Å². The van der Waals surface area contributed by atoms with Gasteiger partial charge in [-0.15, -0.1) is 0 Å². The van der Waals surface area contributed by atoms with Gasteiger partial charge in [0.05, 0.1) is 34.2 Å². The predicted octanol–water partition coefficient (Wildman–Crippen LogP) is 8.00. The van der Waals surface area contributed by atoms with E-state index in [1.54, 1.807) is 0 Å². The van der Waals surface area contributed by atoms with E-state index >= 15 is 0 Å². The number of carbonyl (C=O) groups is 1. The number of carboxylic acid groups (broad SMARTS) is 1. The zero-order valence-corrected chi connectivity index (χ0v) is 31.1. The molecule has 9 rings (SSSR count). The van der Waals surface area contributed by atoms with Gasteiger partial charge in [-0.3, -0.25) is 9.36 Å². The Morgan fingerprint density at radius 1 is 0.679 bits per heavy atom. The van der Waals surface area contributed by atoms with Crippen molar-refractivity contribution in [2.75, 3.05) is 6.61 Å². The second-order valence-electron chi connectivity index (χ2n) is 13.1. The number of fused-ring (bicyclic) bond motifs is 20. The second kappa shape index (κ2) is 12.8. The standard InChI is InChI=1S/C38H25Cl3N8O3.Cu/c1-38(2,37(50)51)16-52-28-26(40)24-23(25(39)27(28)41)33-45-31-18-11-5-4-10-17(18)29(43-31)42-30-19-12-6-7-13-20(19)32(44-30)47-35-21-14-8-9-15-22(21)36(49(35)3)48-34(24)46-33;/h4-15H,16H2,1-3H3,(H2,42,43,44,45,46,47,48,50,51);/q;+2/p-1. The topological polar surface area (TPSA) is 143 Å². The summed E-state index contributed by atoms with van der Waals surface area (Å²) in [6.07, 6.45) is 0. The Bertz CT molecular complexity index is 2890. The molecule has 8 bridgehead atoms. The molecule has 53 heavy (non-hydrogen) atoms. The summed E-state index contributed by atoms with van der Waals surface area (Å²) in [7, 11) is 1.86. The van der Waals surface area contributed by atoms with Crippen molar-refractivity contribution >= 4 is 84.9 Å². The fraction of sp³-hybridized carbons (Fsp3) is 0.132. The molecule has 0 atom stereocenters. The molecule has 5 heterocycles. The average molecular weight is 811 g/mol. The molecular weight excluding hydrogens is 786 g/mol. The van der Waals surface area contributed by atoms with Crippen molar-refractivity contribution in [1.82, 2.24) is 34.9 Å². The first kappa shape index (κ1) is 35.0. The fourth-order valence-electron chi connectivity index (χ4n) is 6.41. The van der Waals surface area contributed by atoms with E-state index in [9.17, 15) is 9.90 Å². The summed E-state index contributed by atoms with van der Waals surface area (Å²) in [5.74, 6) is 0.856. The molecule has 1 radical (unpaired) electrons. The average Bonchev–Trinajstić information content (AvgIpc) is 3.85. The monoisotopic (exact) mass is 808 g/mol. The summed E-state index contributed by atoms with van der Waals surface area (Å²) in [4.78, 5) is 46.7. The van der Waals surface area contributed by atoms with Gasteiger partial charge >= 0.3 is 23.0 Å². The first-order chi connectivity index (χ1) is 25.0. The Hall–Kier alpha value is -5.10. The molecule has 1 N–H and O–H groups in total. The number of aliphatic carboxylic acids is 1. The molecule has 0 unspecified atom stereocenters. The summed E-state index contributed by atoms with van der Waals surface area (Å²) >= 11 is 21.0. The summed E-state index contributed by atoms with van der Waals surface area (Å²) < 4.78 is 7.86. The van der Waals surface area contributed by atoms with E-state index in [1.165, 1.54) is 13.8 Å². The summed E-state index contributed by atoms with van der Waals surface area (Å²) in [6, 6.07) is 23.2. The molecule has 265 valence electrons. The molecule has 0 fully saturated rings. The molecule has 0 amide bonds. The van der Waals surface area contributed by atoms with Gasteiger partial charge in [-0.25, -0.2) is 4.98 Å². The van der Waals surface area contributed by atoms with Crippen LogP contribution in [0, 0.1) is 5.41 Å². The maximum atomic E-state index is 11.9. The Morgan fingerprint density at radius 3 is 1.72 bits per heavy atom. The third kappa shape index (κ3) is 5.43. The zero-order valence-electron chi connectivity index (χ0n) is 27.9. The van der Waals surface area contributed by atoms with Crippen molar-refractivity contribution in [3.63, 3.8) is 0 Å². The van der Waals surface area contributed by atoms with Crippen molar-refractivity contribution in [2.45, 2.75) is 13.8 Å². The van der Waals surface area contributed by atoms with Crippen LogP contribution in [0.2, 0.25) is 15.1 Å². The Kier molecular flexibility index (Phi) is 8.43. The number of nitrogens with zero attached hydrogens (tertiary/aromatic N) is 8. The van der Waals surface area contributed by atoms with Gasteiger partial charge in [0.2, 0.25) is 0 Å². The second-order valence-corrected chi connectivity index (χ2v) is 14.2. The number of benzene rings is 4. The smallest absolute Gasteiger partial charge is 0.489 e. The van der Waals surface area contributed by atoms with Crippen LogP contribution in [-0.2, 0) is 28.9 Å². The number of carboxylic acids is 1. The van der Waals surface area contributed by atoms with Gasteiger partial charge in [0, 0.05) is 55.6 Å². The van der Waals surface area contributed by atoms with E-state index in [-0.39, 0.29) is 55.8 Å². The van der Waals surface area contributed by atoms with Crippen LogP contribution < -0.4 is 19.3 Å². The number of hydrogen-bond donors (Lipinski definition) is 1. The first-order valence-electron chi connectivity index (χ1n) is 16.1. The molecule has 3 aromatic heterocycles. The third-order valence-corrected chi connectivity index (χ3v) is 10.4. The minimum absolute atomic E-state index is 0. The predicted molar refractivity (Wildman–Crippen MR) is 199 cm³/mol. The summed E-state index contributed by atoms with van der Waals surface area (Å²) in [6.45, 7) is 2.83. The van der Waals surface area contributed by atoms with Crippen LogP contribution in [0.5, 0.6) is 5.75 Å². The van der Waals surface area contributed by atoms with E-state index in [0.29, 0.717) is 45.4 Å².